The standard InChI is InChI=1S/C37H35ClF4N6O3/c1-50-36-30(18-48-14-12-20(49)17-48)44-33(37(40,41)42)34(47-36)45-28-11-10-22-21(5-2-6-23(22)28)24-7-3-8-25(31(24)38)35-46-29-16-19(27-9-4-13-43-27)15-26(39)32(29)51-35/h2-3,5-8,15-16,20,27-28,43,49H,4,9-14,17-18H2,1H3,(H,45,47)/t20-,27-,28-/m1/s1. The maximum atomic E-state index is 15.2. The van der Waals surface area contributed by atoms with Gasteiger partial charge in [-0.05, 0) is 79.1 Å². The third kappa shape index (κ3) is 6.41. The molecule has 0 saturated carbocycles. The molecule has 3 N–H and O–H groups in total. The number of β-amino-alcohol motifs (C(OH)–C–C–N with tert-alkyl or cyclic N) is 1. The molecule has 14 heteroatoms. The van der Waals surface area contributed by atoms with Gasteiger partial charge in [-0.2, -0.15) is 18.2 Å². The van der Waals surface area contributed by atoms with E-state index in [1.165, 1.54) is 13.2 Å². The van der Waals surface area contributed by atoms with Gasteiger partial charge in [0.25, 0.3) is 0 Å². The number of methoxy groups -OCH3 is 1. The van der Waals surface area contributed by atoms with Gasteiger partial charge in [0.1, 0.15) is 11.2 Å². The summed E-state index contributed by atoms with van der Waals surface area (Å²) in [7, 11) is 1.35. The summed E-state index contributed by atoms with van der Waals surface area (Å²) >= 11 is 7.04. The van der Waals surface area contributed by atoms with Crippen LogP contribution in [0, 0.1) is 5.82 Å². The van der Waals surface area contributed by atoms with E-state index >= 15 is 4.39 Å². The summed E-state index contributed by atoms with van der Waals surface area (Å²) in [5.41, 5.74) is 3.98. The minimum Gasteiger partial charge on any atom is -0.480 e. The van der Waals surface area contributed by atoms with Crippen molar-refractivity contribution in [1.82, 2.24) is 25.2 Å². The summed E-state index contributed by atoms with van der Waals surface area (Å²) < 4.78 is 69.7. The highest BCUT2D eigenvalue weighted by molar-refractivity contribution is 6.36. The molecule has 0 unspecified atom stereocenters. The van der Waals surface area contributed by atoms with Gasteiger partial charge >= 0.3 is 6.18 Å². The lowest BCUT2D eigenvalue weighted by Gasteiger charge is -2.22. The number of hydrogen-bond acceptors (Lipinski definition) is 9. The van der Waals surface area contributed by atoms with Crippen LogP contribution < -0.4 is 15.4 Å². The van der Waals surface area contributed by atoms with Gasteiger partial charge in [0.2, 0.25) is 11.8 Å². The molecule has 0 amide bonds. The van der Waals surface area contributed by atoms with E-state index in [0.717, 1.165) is 41.6 Å². The number of nitrogens with zero attached hydrogens (tertiary/aromatic N) is 4. The van der Waals surface area contributed by atoms with Gasteiger partial charge in [0.15, 0.2) is 22.9 Å². The normalized spacial score (nSPS) is 20.7. The number of likely N-dealkylation sites (tertiary alicyclic amines) is 1. The van der Waals surface area contributed by atoms with Gasteiger partial charge in [0.05, 0.1) is 29.8 Å². The molecule has 3 aliphatic rings. The summed E-state index contributed by atoms with van der Waals surface area (Å²) in [6.45, 7) is 1.83. The van der Waals surface area contributed by atoms with Gasteiger partial charge in [-0.3, -0.25) is 4.90 Å². The summed E-state index contributed by atoms with van der Waals surface area (Å²) in [4.78, 5) is 14.7. The fraction of sp³-hybridized carbons (Fsp3) is 0.378. The molecule has 3 aromatic carbocycles. The quantitative estimate of drug-likeness (QED) is 0.138. The fourth-order valence-electron chi connectivity index (χ4n) is 7.61. The molecular formula is C37H35ClF4N6O3. The Hall–Kier alpha value is -4.30. The molecule has 266 valence electrons. The van der Waals surface area contributed by atoms with Crippen LogP contribution in [0.15, 0.2) is 52.9 Å². The molecule has 0 spiro atoms. The Balaban J connectivity index is 1.10. The van der Waals surface area contributed by atoms with E-state index < -0.39 is 35.7 Å². The lowest BCUT2D eigenvalue weighted by Crippen LogP contribution is -2.25. The fourth-order valence-corrected chi connectivity index (χ4v) is 7.92. The molecule has 0 bridgehead atoms. The van der Waals surface area contributed by atoms with E-state index in [4.69, 9.17) is 20.8 Å². The lowest BCUT2D eigenvalue weighted by molar-refractivity contribution is -0.140. The van der Waals surface area contributed by atoms with Crippen LogP contribution in [0.1, 0.15) is 65.8 Å². The van der Waals surface area contributed by atoms with Crippen molar-refractivity contribution in [3.05, 3.63) is 87.4 Å². The van der Waals surface area contributed by atoms with E-state index in [-0.39, 0.29) is 35.6 Å². The van der Waals surface area contributed by atoms with Crippen LogP contribution in [-0.4, -0.2) is 57.8 Å². The molecular weight excluding hydrogens is 688 g/mol. The first-order valence-electron chi connectivity index (χ1n) is 17.0. The Kier molecular flexibility index (Phi) is 8.85. The number of aromatic nitrogens is 3. The Morgan fingerprint density at radius 2 is 1.86 bits per heavy atom. The molecule has 9 nitrogen and oxygen atoms in total. The van der Waals surface area contributed by atoms with Crippen molar-refractivity contribution in [3.8, 4) is 28.5 Å². The number of benzene rings is 3. The number of fused-ring (bicyclic) bond motifs is 2. The molecule has 51 heavy (non-hydrogen) atoms. The number of oxazole rings is 1. The van der Waals surface area contributed by atoms with Crippen molar-refractivity contribution in [2.75, 3.05) is 32.1 Å². The zero-order valence-electron chi connectivity index (χ0n) is 27.7. The van der Waals surface area contributed by atoms with Crippen LogP contribution in [0.5, 0.6) is 5.88 Å². The lowest BCUT2D eigenvalue weighted by atomic mass is 9.95. The van der Waals surface area contributed by atoms with Crippen molar-refractivity contribution in [2.24, 2.45) is 0 Å². The molecule has 2 saturated heterocycles. The molecule has 3 atom stereocenters. The zero-order chi connectivity index (χ0) is 35.4. The van der Waals surface area contributed by atoms with Crippen LogP contribution >= 0.6 is 11.6 Å². The van der Waals surface area contributed by atoms with Gasteiger partial charge in [-0.1, -0.05) is 41.9 Å². The number of alkyl halides is 3. The van der Waals surface area contributed by atoms with Gasteiger partial charge in [-0.15, -0.1) is 0 Å². The number of rotatable bonds is 8. The molecule has 1 aliphatic carbocycles. The third-order valence-corrected chi connectivity index (χ3v) is 10.5. The second-order valence-corrected chi connectivity index (χ2v) is 13.7. The summed E-state index contributed by atoms with van der Waals surface area (Å²) in [6.07, 6.45) is -1.76. The number of anilines is 1. The summed E-state index contributed by atoms with van der Waals surface area (Å²) in [5.74, 6) is -0.717. The maximum Gasteiger partial charge on any atom is 0.437 e. The average molecular weight is 723 g/mol. The minimum absolute atomic E-state index is 0.00652. The second kappa shape index (κ2) is 13.4. The molecule has 0 radical (unpaired) electrons. The molecule has 2 fully saturated rings. The first-order valence-corrected chi connectivity index (χ1v) is 17.4. The smallest absolute Gasteiger partial charge is 0.437 e. The predicted molar refractivity (Wildman–Crippen MR) is 184 cm³/mol. The summed E-state index contributed by atoms with van der Waals surface area (Å²) in [6, 6.07) is 14.0. The molecule has 2 aliphatic heterocycles. The SMILES string of the molecule is COc1nc(N[C@@H]2CCc3c(-c4cccc(-c5nc6cc([C@H]7CCCN7)cc(F)c6o5)c4Cl)cccc32)c(C(F)(F)F)nc1CN1CC[C@@H](O)C1. The third-order valence-electron chi connectivity index (χ3n) is 10.0. The highest BCUT2D eigenvalue weighted by Gasteiger charge is 2.40. The zero-order valence-corrected chi connectivity index (χ0v) is 28.4. The Bertz CT molecular complexity index is 2120. The molecule has 5 aromatic rings. The first kappa shape index (κ1) is 33.8. The number of aliphatic hydroxyl groups excluding tert-OH is 1. The minimum atomic E-state index is -4.78. The predicted octanol–water partition coefficient (Wildman–Crippen LogP) is 7.86. The average Bonchev–Trinajstić information content (AvgIpc) is 3.93. The van der Waals surface area contributed by atoms with Crippen LogP contribution in [-0.2, 0) is 19.1 Å². The molecule has 4 heterocycles. The Morgan fingerprint density at radius 3 is 2.61 bits per heavy atom. The van der Waals surface area contributed by atoms with E-state index in [9.17, 15) is 18.3 Å². The highest BCUT2D eigenvalue weighted by Crippen LogP contribution is 2.45. The van der Waals surface area contributed by atoms with Crippen molar-refractivity contribution in [2.45, 2.75) is 63.0 Å². The van der Waals surface area contributed by atoms with E-state index in [2.05, 4.69) is 25.6 Å². The summed E-state index contributed by atoms with van der Waals surface area (Å²) in [5, 5.41) is 16.7. The number of hydrogen-bond donors (Lipinski definition) is 3. The Morgan fingerprint density at radius 1 is 1.06 bits per heavy atom. The largest absolute Gasteiger partial charge is 0.480 e. The number of halogens is 5. The van der Waals surface area contributed by atoms with Gasteiger partial charge in [-0.25, -0.2) is 14.4 Å². The van der Waals surface area contributed by atoms with Crippen LogP contribution in [0.2, 0.25) is 5.02 Å². The molecule has 2 aromatic heterocycles. The van der Waals surface area contributed by atoms with Gasteiger partial charge < -0.3 is 24.9 Å². The number of nitrogens with one attached hydrogen (secondary N) is 2. The van der Waals surface area contributed by atoms with Crippen LogP contribution in [0.25, 0.3) is 33.7 Å². The van der Waals surface area contributed by atoms with Crippen molar-refractivity contribution in [3.63, 3.8) is 0 Å². The van der Waals surface area contributed by atoms with Crippen molar-refractivity contribution < 1.29 is 31.8 Å². The van der Waals surface area contributed by atoms with Crippen LogP contribution in [0.4, 0.5) is 23.4 Å². The van der Waals surface area contributed by atoms with Crippen molar-refractivity contribution >= 4 is 28.5 Å². The van der Waals surface area contributed by atoms with Crippen molar-refractivity contribution in [1.29, 1.82) is 0 Å². The Labute approximate surface area is 296 Å². The second-order valence-electron chi connectivity index (χ2n) is 13.3. The highest BCUT2D eigenvalue weighted by atomic mass is 35.5. The van der Waals surface area contributed by atoms with Crippen LogP contribution in [0.3, 0.4) is 0 Å². The topological polar surface area (TPSA) is 109 Å². The van der Waals surface area contributed by atoms with E-state index in [1.54, 1.807) is 6.07 Å². The molecule has 8 rings (SSSR count). The van der Waals surface area contributed by atoms with E-state index in [0.29, 0.717) is 54.0 Å². The van der Waals surface area contributed by atoms with E-state index in [1.807, 2.05) is 41.3 Å². The number of aliphatic hydroxyl groups is 1. The number of ether oxygens (including phenoxy) is 1. The monoisotopic (exact) mass is 722 g/mol. The van der Waals surface area contributed by atoms with Gasteiger partial charge in [0, 0.05) is 31.2 Å². The first-order chi connectivity index (χ1) is 24.6. The maximum absolute atomic E-state index is 15.2.